The Labute approximate surface area is 118 Å². The lowest BCUT2D eigenvalue weighted by Gasteiger charge is -2.38. The van der Waals surface area contributed by atoms with Gasteiger partial charge in [0.1, 0.15) is 11.1 Å². The van der Waals surface area contributed by atoms with Crippen LogP contribution in [0.15, 0.2) is 0 Å². The van der Waals surface area contributed by atoms with Crippen LogP contribution in [0.5, 0.6) is 0 Å². The molecule has 5 nitrogen and oxygen atoms in total. The summed E-state index contributed by atoms with van der Waals surface area (Å²) in [7, 11) is 0. The van der Waals surface area contributed by atoms with E-state index in [0.717, 1.165) is 12.8 Å². The Morgan fingerprint density at radius 1 is 1.26 bits per heavy atom. The molecule has 6 heteroatoms. The average Bonchev–Trinajstić information content (AvgIpc) is 2.55. The van der Waals surface area contributed by atoms with Gasteiger partial charge in [-0.05, 0) is 46.5 Å². The number of rotatable bonds is 2. The molecule has 2 bridgehead atoms. The zero-order valence-electron chi connectivity index (χ0n) is 11.7. The van der Waals surface area contributed by atoms with Gasteiger partial charge in [0.2, 0.25) is 5.91 Å². The second kappa shape index (κ2) is 4.89. The monoisotopic (exact) mass is 286 g/mol. The van der Waals surface area contributed by atoms with Crippen molar-refractivity contribution in [2.75, 3.05) is 0 Å². The van der Waals surface area contributed by atoms with Crippen molar-refractivity contribution < 1.29 is 14.3 Å². The highest BCUT2D eigenvalue weighted by molar-refractivity contribution is 8.00. The van der Waals surface area contributed by atoms with Crippen molar-refractivity contribution in [2.24, 2.45) is 5.73 Å². The maximum absolute atomic E-state index is 11.9. The van der Waals surface area contributed by atoms with Gasteiger partial charge in [0.05, 0.1) is 0 Å². The van der Waals surface area contributed by atoms with Crippen LogP contribution < -0.4 is 11.1 Å². The lowest BCUT2D eigenvalue weighted by molar-refractivity contribution is -0.125. The van der Waals surface area contributed by atoms with Gasteiger partial charge >= 0.3 is 6.09 Å². The topological polar surface area (TPSA) is 81.4 Å². The zero-order valence-corrected chi connectivity index (χ0v) is 12.5. The van der Waals surface area contributed by atoms with E-state index in [0.29, 0.717) is 23.3 Å². The Kier molecular flexibility index (Phi) is 3.73. The fourth-order valence-corrected chi connectivity index (χ4v) is 4.66. The van der Waals surface area contributed by atoms with Crippen molar-refractivity contribution in [3.8, 4) is 0 Å². The van der Waals surface area contributed by atoms with Crippen molar-refractivity contribution in [1.29, 1.82) is 0 Å². The van der Waals surface area contributed by atoms with Gasteiger partial charge in [-0.25, -0.2) is 4.79 Å². The Morgan fingerprint density at radius 2 is 1.79 bits per heavy atom. The zero-order chi connectivity index (χ0) is 14.3. The first-order chi connectivity index (χ1) is 8.70. The van der Waals surface area contributed by atoms with Gasteiger partial charge in [0.25, 0.3) is 0 Å². The molecular weight excluding hydrogens is 264 g/mol. The van der Waals surface area contributed by atoms with Crippen LogP contribution in [0, 0.1) is 0 Å². The predicted molar refractivity (Wildman–Crippen MR) is 74.9 cm³/mol. The van der Waals surface area contributed by atoms with E-state index >= 15 is 0 Å². The Morgan fingerprint density at radius 3 is 2.21 bits per heavy atom. The molecule has 2 aliphatic rings. The molecule has 108 valence electrons. The van der Waals surface area contributed by atoms with Crippen LogP contribution in [0.1, 0.15) is 46.5 Å². The van der Waals surface area contributed by atoms with Crippen LogP contribution in [0.4, 0.5) is 4.79 Å². The first kappa shape index (κ1) is 14.5. The molecule has 2 unspecified atom stereocenters. The minimum Gasteiger partial charge on any atom is -0.444 e. The molecule has 2 heterocycles. The minimum atomic E-state index is -0.931. The highest BCUT2D eigenvalue weighted by Gasteiger charge is 2.49. The van der Waals surface area contributed by atoms with E-state index in [4.69, 9.17) is 10.5 Å². The molecule has 2 saturated heterocycles. The second-order valence-corrected chi connectivity index (χ2v) is 8.04. The first-order valence-electron chi connectivity index (χ1n) is 6.67. The highest BCUT2D eigenvalue weighted by Crippen LogP contribution is 2.47. The normalized spacial score (nSPS) is 33.8. The fraction of sp³-hybridized carbons (Fsp3) is 0.846. The number of hydrogen-bond donors (Lipinski definition) is 2. The summed E-state index contributed by atoms with van der Waals surface area (Å²) in [5, 5.41) is 3.58. The number of carbonyl (C=O) groups is 2. The SMILES string of the molecule is CC(C)(C)OC(=O)NC1(C(N)=O)CC2CCC(C1)S2. The molecule has 19 heavy (non-hydrogen) atoms. The van der Waals surface area contributed by atoms with Crippen LogP contribution >= 0.6 is 11.8 Å². The van der Waals surface area contributed by atoms with E-state index in [1.54, 1.807) is 20.8 Å². The van der Waals surface area contributed by atoms with Gasteiger partial charge < -0.3 is 15.8 Å². The largest absolute Gasteiger partial charge is 0.444 e. The molecule has 0 saturated carbocycles. The van der Waals surface area contributed by atoms with Crippen LogP contribution in [0.3, 0.4) is 0 Å². The lowest BCUT2D eigenvalue weighted by Crippen LogP contribution is -2.61. The molecular formula is C13H22N2O3S. The molecule has 0 aliphatic carbocycles. The molecule has 0 radical (unpaired) electrons. The van der Waals surface area contributed by atoms with Crippen LogP contribution in [0.25, 0.3) is 0 Å². The van der Waals surface area contributed by atoms with E-state index in [1.165, 1.54) is 0 Å². The molecule has 0 spiro atoms. The number of thioether (sulfide) groups is 1. The second-order valence-electron chi connectivity index (χ2n) is 6.44. The third kappa shape index (κ3) is 3.35. The van der Waals surface area contributed by atoms with Gasteiger partial charge in [-0.1, -0.05) is 0 Å². The molecule has 2 aliphatic heterocycles. The third-order valence-corrected chi connectivity index (χ3v) is 5.13. The van der Waals surface area contributed by atoms with Crippen molar-refractivity contribution in [1.82, 2.24) is 5.32 Å². The summed E-state index contributed by atoms with van der Waals surface area (Å²) >= 11 is 1.91. The molecule has 3 N–H and O–H groups in total. The summed E-state index contributed by atoms with van der Waals surface area (Å²) in [6.45, 7) is 5.39. The van der Waals surface area contributed by atoms with Gasteiger partial charge in [-0.15, -0.1) is 0 Å². The third-order valence-electron chi connectivity index (χ3n) is 3.56. The summed E-state index contributed by atoms with van der Waals surface area (Å²) in [6, 6.07) is 0. The van der Waals surface area contributed by atoms with Crippen LogP contribution in [-0.4, -0.2) is 33.6 Å². The number of hydrogen-bond acceptors (Lipinski definition) is 4. The summed E-state index contributed by atoms with van der Waals surface area (Å²) in [5.74, 6) is -0.449. The van der Waals surface area contributed by atoms with Crippen LogP contribution in [-0.2, 0) is 9.53 Å². The van der Waals surface area contributed by atoms with Crippen LogP contribution in [0.2, 0.25) is 0 Å². The number of primary amides is 1. The molecule has 0 aromatic carbocycles. The maximum atomic E-state index is 11.9. The minimum absolute atomic E-state index is 0.418. The average molecular weight is 286 g/mol. The van der Waals surface area contributed by atoms with Gasteiger partial charge in [-0.2, -0.15) is 11.8 Å². The van der Waals surface area contributed by atoms with E-state index in [2.05, 4.69) is 5.32 Å². The maximum Gasteiger partial charge on any atom is 0.408 e. The fourth-order valence-electron chi connectivity index (χ4n) is 2.80. The smallest absolute Gasteiger partial charge is 0.408 e. The number of alkyl carbamates (subject to hydrolysis) is 1. The standard InChI is InChI=1S/C13H22N2O3S/c1-12(2,3)18-11(17)15-13(10(14)16)6-8-4-5-9(7-13)19-8/h8-9H,4-7H2,1-3H3,(H2,14,16)(H,15,17). The molecule has 0 aromatic rings. The van der Waals surface area contributed by atoms with Crippen molar-refractivity contribution in [2.45, 2.75) is 68.1 Å². The molecule has 0 aromatic heterocycles. The van der Waals surface area contributed by atoms with E-state index in [-0.39, 0.29) is 0 Å². The quantitative estimate of drug-likeness (QED) is 0.811. The van der Waals surface area contributed by atoms with E-state index < -0.39 is 23.1 Å². The number of carbonyl (C=O) groups excluding carboxylic acids is 2. The summed E-state index contributed by atoms with van der Waals surface area (Å²) in [4.78, 5) is 23.8. The Hall–Kier alpha value is -0.910. The summed E-state index contributed by atoms with van der Waals surface area (Å²) < 4.78 is 5.24. The predicted octanol–water partition coefficient (Wildman–Crippen LogP) is 1.79. The highest BCUT2D eigenvalue weighted by atomic mass is 32.2. The van der Waals surface area contributed by atoms with Crippen molar-refractivity contribution in [3.63, 3.8) is 0 Å². The Bertz CT molecular complexity index is 380. The number of fused-ring (bicyclic) bond motifs is 2. The molecule has 2 amide bonds. The number of ether oxygens (including phenoxy) is 1. The molecule has 2 rings (SSSR count). The summed E-state index contributed by atoms with van der Waals surface area (Å²) in [5.41, 5.74) is 4.04. The van der Waals surface area contributed by atoms with Crippen molar-refractivity contribution >= 4 is 23.8 Å². The Balaban J connectivity index is 2.08. The van der Waals surface area contributed by atoms with Gasteiger partial charge in [0, 0.05) is 10.5 Å². The van der Waals surface area contributed by atoms with Crippen molar-refractivity contribution in [3.05, 3.63) is 0 Å². The first-order valence-corrected chi connectivity index (χ1v) is 7.61. The number of amides is 2. The van der Waals surface area contributed by atoms with Gasteiger partial charge in [-0.3, -0.25) is 4.79 Å². The van der Waals surface area contributed by atoms with E-state index in [1.807, 2.05) is 11.8 Å². The lowest BCUT2D eigenvalue weighted by atomic mass is 9.88. The number of nitrogens with one attached hydrogen (secondary N) is 1. The molecule has 2 atom stereocenters. The summed E-state index contributed by atoms with van der Waals surface area (Å²) in [6.07, 6.45) is 2.87. The van der Waals surface area contributed by atoms with E-state index in [9.17, 15) is 9.59 Å². The number of nitrogens with two attached hydrogens (primary N) is 1. The molecule has 2 fully saturated rings. The van der Waals surface area contributed by atoms with Gasteiger partial charge in [0.15, 0.2) is 0 Å².